The Balaban J connectivity index is 2.08. The Kier molecular flexibility index (Phi) is 2.45. The first-order chi connectivity index (χ1) is 6.36. The number of hydrogen-bond acceptors (Lipinski definition) is 3. The first-order valence-corrected chi connectivity index (χ1v) is 4.75. The van der Waals surface area contributed by atoms with Crippen molar-refractivity contribution in [2.75, 3.05) is 24.5 Å². The van der Waals surface area contributed by atoms with Crippen LogP contribution in [0.2, 0.25) is 0 Å². The van der Waals surface area contributed by atoms with Gasteiger partial charge in [0.05, 0.1) is 0 Å². The van der Waals surface area contributed by atoms with E-state index in [1.165, 1.54) is 0 Å². The second-order valence-electron chi connectivity index (χ2n) is 3.49. The van der Waals surface area contributed by atoms with Gasteiger partial charge in [-0.2, -0.15) is 0 Å². The summed E-state index contributed by atoms with van der Waals surface area (Å²) < 4.78 is 0. The molecule has 1 atom stereocenters. The molecule has 0 spiro atoms. The summed E-state index contributed by atoms with van der Waals surface area (Å²) in [6, 6.07) is 6.62. The molecule has 70 valence electrons. The fraction of sp³-hybridized carbons (Fsp3) is 0.500. The fourth-order valence-corrected chi connectivity index (χ4v) is 1.68. The summed E-state index contributed by atoms with van der Waals surface area (Å²) in [5, 5.41) is 3.41. The van der Waals surface area contributed by atoms with E-state index < -0.39 is 0 Å². The van der Waals surface area contributed by atoms with Gasteiger partial charge >= 0.3 is 0 Å². The summed E-state index contributed by atoms with van der Waals surface area (Å²) in [5.74, 6) is 1.09. The van der Waals surface area contributed by atoms with Gasteiger partial charge in [-0.15, -0.1) is 0 Å². The third-order valence-corrected chi connectivity index (χ3v) is 2.34. The maximum atomic E-state index is 4.34. The van der Waals surface area contributed by atoms with Crippen molar-refractivity contribution in [2.24, 2.45) is 0 Å². The summed E-state index contributed by atoms with van der Waals surface area (Å²) in [7, 11) is 0. The van der Waals surface area contributed by atoms with Crippen LogP contribution < -0.4 is 10.2 Å². The number of anilines is 1. The van der Waals surface area contributed by atoms with Gasteiger partial charge in [0, 0.05) is 31.9 Å². The lowest BCUT2D eigenvalue weighted by Gasteiger charge is -2.32. The lowest BCUT2D eigenvalue weighted by Crippen LogP contribution is -2.49. The molecule has 1 saturated heterocycles. The Bertz CT molecular complexity index is 260. The van der Waals surface area contributed by atoms with Crippen molar-refractivity contribution in [1.82, 2.24) is 10.3 Å². The Morgan fingerprint density at radius 3 is 3.15 bits per heavy atom. The molecule has 0 saturated carbocycles. The smallest absolute Gasteiger partial charge is 0.128 e. The molecule has 2 rings (SSSR count). The van der Waals surface area contributed by atoms with Gasteiger partial charge in [0.25, 0.3) is 0 Å². The van der Waals surface area contributed by atoms with E-state index in [-0.39, 0.29) is 0 Å². The number of pyridine rings is 1. The number of nitrogens with one attached hydrogen (secondary N) is 1. The first kappa shape index (κ1) is 8.51. The van der Waals surface area contributed by atoms with Gasteiger partial charge in [0.2, 0.25) is 0 Å². The molecule has 0 aliphatic carbocycles. The first-order valence-electron chi connectivity index (χ1n) is 4.75. The SMILES string of the molecule is CC1CN(c2ccccn2)CCN1. The van der Waals surface area contributed by atoms with Gasteiger partial charge in [-0.3, -0.25) is 0 Å². The normalized spacial score (nSPS) is 23.2. The van der Waals surface area contributed by atoms with E-state index in [0.29, 0.717) is 6.04 Å². The average molecular weight is 177 g/mol. The van der Waals surface area contributed by atoms with E-state index >= 15 is 0 Å². The highest BCUT2D eigenvalue weighted by Crippen LogP contribution is 2.10. The van der Waals surface area contributed by atoms with Gasteiger partial charge in [-0.1, -0.05) is 6.07 Å². The van der Waals surface area contributed by atoms with Crippen LogP contribution >= 0.6 is 0 Å². The highest BCUT2D eigenvalue weighted by molar-refractivity contribution is 5.38. The molecule has 13 heavy (non-hydrogen) atoms. The van der Waals surface area contributed by atoms with E-state index in [1.54, 1.807) is 0 Å². The molecule has 0 aromatic carbocycles. The standard InChI is InChI=1S/C10H15N3/c1-9-8-13(7-6-11-9)10-4-2-3-5-12-10/h2-5,9,11H,6-8H2,1H3. The van der Waals surface area contributed by atoms with Crippen molar-refractivity contribution in [1.29, 1.82) is 0 Å². The van der Waals surface area contributed by atoms with Gasteiger partial charge < -0.3 is 10.2 Å². The molecule has 1 aliphatic rings. The van der Waals surface area contributed by atoms with Crippen LogP contribution in [-0.2, 0) is 0 Å². The second kappa shape index (κ2) is 3.75. The summed E-state index contributed by atoms with van der Waals surface area (Å²) in [5.41, 5.74) is 0. The number of piperazine rings is 1. The van der Waals surface area contributed by atoms with Gasteiger partial charge in [-0.05, 0) is 19.1 Å². The molecule has 3 heteroatoms. The van der Waals surface area contributed by atoms with Gasteiger partial charge in [0.1, 0.15) is 5.82 Å². The van der Waals surface area contributed by atoms with Crippen molar-refractivity contribution in [3.05, 3.63) is 24.4 Å². The molecule has 1 aromatic rings. The predicted molar refractivity (Wildman–Crippen MR) is 53.9 cm³/mol. The minimum absolute atomic E-state index is 0.566. The number of rotatable bonds is 1. The number of nitrogens with zero attached hydrogens (tertiary/aromatic N) is 2. The molecule has 1 aliphatic heterocycles. The van der Waals surface area contributed by atoms with Crippen molar-refractivity contribution in [3.63, 3.8) is 0 Å². The zero-order chi connectivity index (χ0) is 9.10. The third-order valence-electron chi connectivity index (χ3n) is 2.34. The number of aromatic nitrogens is 1. The quantitative estimate of drug-likeness (QED) is 0.690. The van der Waals surface area contributed by atoms with Crippen molar-refractivity contribution < 1.29 is 0 Å². The molecule has 1 N–H and O–H groups in total. The Hall–Kier alpha value is -1.09. The van der Waals surface area contributed by atoms with Crippen LogP contribution in [-0.4, -0.2) is 30.7 Å². The molecular weight excluding hydrogens is 162 g/mol. The maximum Gasteiger partial charge on any atom is 0.128 e. The zero-order valence-corrected chi connectivity index (χ0v) is 7.90. The topological polar surface area (TPSA) is 28.2 Å². The molecule has 3 nitrogen and oxygen atoms in total. The molecule has 1 unspecified atom stereocenters. The Morgan fingerprint density at radius 2 is 2.46 bits per heavy atom. The summed E-state index contributed by atoms with van der Waals surface area (Å²) >= 11 is 0. The summed E-state index contributed by atoms with van der Waals surface area (Å²) in [4.78, 5) is 6.66. The van der Waals surface area contributed by atoms with Crippen LogP contribution in [0, 0.1) is 0 Å². The monoisotopic (exact) mass is 177 g/mol. The van der Waals surface area contributed by atoms with Crippen LogP contribution in [0.4, 0.5) is 5.82 Å². The Morgan fingerprint density at radius 1 is 1.54 bits per heavy atom. The molecule has 1 fully saturated rings. The predicted octanol–water partition coefficient (Wildman–Crippen LogP) is 0.880. The fourth-order valence-electron chi connectivity index (χ4n) is 1.68. The van der Waals surface area contributed by atoms with Crippen LogP contribution in [0.15, 0.2) is 24.4 Å². The van der Waals surface area contributed by atoms with E-state index in [0.717, 1.165) is 25.5 Å². The van der Waals surface area contributed by atoms with Crippen molar-refractivity contribution in [2.45, 2.75) is 13.0 Å². The minimum atomic E-state index is 0.566. The molecule has 2 heterocycles. The summed E-state index contributed by atoms with van der Waals surface area (Å²) in [6.07, 6.45) is 1.85. The van der Waals surface area contributed by atoms with Crippen molar-refractivity contribution >= 4 is 5.82 Å². The van der Waals surface area contributed by atoms with Crippen LogP contribution in [0.25, 0.3) is 0 Å². The van der Waals surface area contributed by atoms with E-state index in [1.807, 2.05) is 18.3 Å². The van der Waals surface area contributed by atoms with Crippen LogP contribution in [0.5, 0.6) is 0 Å². The summed E-state index contributed by atoms with van der Waals surface area (Å²) in [6.45, 7) is 5.37. The largest absolute Gasteiger partial charge is 0.354 e. The van der Waals surface area contributed by atoms with E-state index in [2.05, 4.69) is 28.2 Å². The van der Waals surface area contributed by atoms with Gasteiger partial charge in [-0.25, -0.2) is 4.98 Å². The van der Waals surface area contributed by atoms with Gasteiger partial charge in [0.15, 0.2) is 0 Å². The lowest BCUT2D eigenvalue weighted by molar-refractivity contribution is 0.482. The highest BCUT2D eigenvalue weighted by Gasteiger charge is 2.15. The molecular formula is C10H15N3. The average Bonchev–Trinajstić information content (AvgIpc) is 2.19. The highest BCUT2D eigenvalue weighted by atomic mass is 15.2. The maximum absolute atomic E-state index is 4.34. The Labute approximate surface area is 78.8 Å². The molecule has 0 bridgehead atoms. The second-order valence-corrected chi connectivity index (χ2v) is 3.49. The zero-order valence-electron chi connectivity index (χ0n) is 7.90. The van der Waals surface area contributed by atoms with Crippen LogP contribution in [0.1, 0.15) is 6.92 Å². The van der Waals surface area contributed by atoms with Crippen LogP contribution in [0.3, 0.4) is 0 Å². The molecule has 1 aromatic heterocycles. The molecule has 0 radical (unpaired) electrons. The number of hydrogen-bond donors (Lipinski definition) is 1. The lowest BCUT2D eigenvalue weighted by atomic mass is 10.2. The van der Waals surface area contributed by atoms with E-state index in [9.17, 15) is 0 Å². The van der Waals surface area contributed by atoms with Crippen molar-refractivity contribution in [3.8, 4) is 0 Å². The minimum Gasteiger partial charge on any atom is -0.354 e. The van der Waals surface area contributed by atoms with E-state index in [4.69, 9.17) is 0 Å². The third kappa shape index (κ3) is 1.98. The molecule has 0 amide bonds.